The number of carbonyl (C=O) groups is 1. The summed E-state index contributed by atoms with van der Waals surface area (Å²) in [5.74, 6) is -1.38. The number of hydrogen-bond acceptors (Lipinski definition) is 4. The molecule has 0 aliphatic rings. The van der Waals surface area contributed by atoms with Crippen molar-refractivity contribution >= 4 is 17.1 Å². The van der Waals surface area contributed by atoms with E-state index in [2.05, 4.69) is 10.3 Å². The van der Waals surface area contributed by atoms with Gasteiger partial charge in [0, 0.05) is 0 Å². The first-order valence-electron chi connectivity index (χ1n) is 5.95. The highest BCUT2D eigenvalue weighted by Crippen LogP contribution is 2.23. The Labute approximate surface area is 113 Å². The van der Waals surface area contributed by atoms with Crippen LogP contribution in [-0.4, -0.2) is 16.7 Å². The molecule has 108 valence electrons. The number of carbonyl (C=O) groups excluding carboxylic acids is 1. The van der Waals surface area contributed by atoms with E-state index in [1.54, 1.807) is 20.8 Å². The standard InChI is InChI=1S/C13H14F2N2O3/c1-13(2,3)20-12(18)17-5-7-4-8-10(19-7)9(14)6-16-11(8)15/h4,6H,5H2,1-3H3,(H,17,18). The monoisotopic (exact) mass is 284 g/mol. The van der Waals surface area contributed by atoms with Gasteiger partial charge in [-0.1, -0.05) is 0 Å². The number of amides is 1. The molecular weight excluding hydrogens is 270 g/mol. The third kappa shape index (κ3) is 3.23. The number of nitrogens with one attached hydrogen (secondary N) is 1. The first-order valence-corrected chi connectivity index (χ1v) is 5.95. The van der Waals surface area contributed by atoms with Crippen LogP contribution in [-0.2, 0) is 11.3 Å². The van der Waals surface area contributed by atoms with E-state index in [1.807, 2.05) is 0 Å². The van der Waals surface area contributed by atoms with Crippen LogP contribution in [0.15, 0.2) is 16.7 Å². The molecule has 0 bridgehead atoms. The van der Waals surface area contributed by atoms with Crippen LogP contribution in [0.4, 0.5) is 13.6 Å². The summed E-state index contributed by atoms with van der Waals surface area (Å²) >= 11 is 0. The smallest absolute Gasteiger partial charge is 0.408 e. The van der Waals surface area contributed by atoms with Crippen molar-refractivity contribution in [3.63, 3.8) is 0 Å². The Kier molecular flexibility index (Phi) is 3.61. The minimum absolute atomic E-state index is 0.0392. The van der Waals surface area contributed by atoms with Crippen LogP contribution in [0.25, 0.3) is 11.0 Å². The summed E-state index contributed by atoms with van der Waals surface area (Å²) in [5.41, 5.74) is -0.849. The summed E-state index contributed by atoms with van der Waals surface area (Å²) in [6.45, 7) is 5.14. The number of ether oxygens (including phenoxy) is 1. The third-order valence-corrected chi connectivity index (χ3v) is 2.32. The molecule has 1 N–H and O–H groups in total. The molecule has 2 aromatic heterocycles. The molecule has 0 fully saturated rings. The zero-order valence-electron chi connectivity index (χ0n) is 11.3. The normalized spacial score (nSPS) is 11.7. The number of fused-ring (bicyclic) bond motifs is 1. The molecule has 1 amide bonds. The van der Waals surface area contributed by atoms with Crippen molar-refractivity contribution in [2.45, 2.75) is 32.9 Å². The molecule has 2 aromatic rings. The molecule has 0 spiro atoms. The van der Waals surface area contributed by atoms with Crippen LogP contribution in [0.2, 0.25) is 0 Å². The van der Waals surface area contributed by atoms with E-state index >= 15 is 0 Å². The van der Waals surface area contributed by atoms with Crippen LogP contribution in [0.1, 0.15) is 26.5 Å². The summed E-state index contributed by atoms with van der Waals surface area (Å²) in [6.07, 6.45) is 0.101. The van der Waals surface area contributed by atoms with Crippen LogP contribution in [0.5, 0.6) is 0 Å². The average molecular weight is 284 g/mol. The zero-order chi connectivity index (χ0) is 14.9. The average Bonchev–Trinajstić information content (AvgIpc) is 2.75. The van der Waals surface area contributed by atoms with E-state index in [1.165, 1.54) is 6.07 Å². The van der Waals surface area contributed by atoms with E-state index < -0.39 is 23.5 Å². The van der Waals surface area contributed by atoms with Gasteiger partial charge in [0.05, 0.1) is 18.1 Å². The number of halogens is 2. The van der Waals surface area contributed by atoms with Gasteiger partial charge in [-0.25, -0.2) is 14.2 Å². The molecule has 0 aliphatic carbocycles. The minimum Gasteiger partial charge on any atom is -0.456 e. The van der Waals surface area contributed by atoms with Gasteiger partial charge in [0.2, 0.25) is 5.95 Å². The number of alkyl carbamates (subject to hydrolysis) is 1. The fourth-order valence-corrected chi connectivity index (χ4v) is 1.57. The van der Waals surface area contributed by atoms with Crippen molar-refractivity contribution in [1.82, 2.24) is 10.3 Å². The number of furan rings is 1. The predicted molar refractivity (Wildman–Crippen MR) is 67.0 cm³/mol. The Bertz CT molecular complexity index is 608. The lowest BCUT2D eigenvalue weighted by Crippen LogP contribution is -2.32. The molecule has 0 radical (unpaired) electrons. The van der Waals surface area contributed by atoms with Crippen molar-refractivity contribution < 1.29 is 22.7 Å². The Morgan fingerprint density at radius 1 is 1.45 bits per heavy atom. The molecule has 2 rings (SSSR count). The largest absolute Gasteiger partial charge is 0.456 e. The maximum atomic E-state index is 13.4. The molecule has 0 saturated carbocycles. The highest BCUT2D eigenvalue weighted by molar-refractivity contribution is 5.78. The molecule has 2 heterocycles. The van der Waals surface area contributed by atoms with Crippen molar-refractivity contribution in [1.29, 1.82) is 0 Å². The maximum Gasteiger partial charge on any atom is 0.408 e. The Morgan fingerprint density at radius 2 is 2.15 bits per heavy atom. The van der Waals surface area contributed by atoms with Crippen molar-refractivity contribution in [2.75, 3.05) is 0 Å². The second-order valence-corrected chi connectivity index (χ2v) is 5.21. The third-order valence-electron chi connectivity index (χ3n) is 2.32. The van der Waals surface area contributed by atoms with E-state index in [0.29, 0.717) is 0 Å². The van der Waals surface area contributed by atoms with Gasteiger partial charge < -0.3 is 14.5 Å². The van der Waals surface area contributed by atoms with Crippen LogP contribution >= 0.6 is 0 Å². The van der Waals surface area contributed by atoms with Crippen molar-refractivity contribution in [2.24, 2.45) is 0 Å². The van der Waals surface area contributed by atoms with Crippen LogP contribution in [0, 0.1) is 11.8 Å². The molecule has 0 saturated heterocycles. The number of rotatable bonds is 2. The lowest BCUT2D eigenvalue weighted by atomic mass is 10.2. The number of nitrogens with zero attached hydrogens (tertiary/aromatic N) is 1. The zero-order valence-corrected chi connectivity index (χ0v) is 11.3. The molecule has 5 nitrogen and oxygen atoms in total. The highest BCUT2D eigenvalue weighted by Gasteiger charge is 2.17. The first-order chi connectivity index (χ1) is 9.26. The van der Waals surface area contributed by atoms with E-state index in [0.717, 1.165) is 6.20 Å². The Hall–Kier alpha value is -2.18. The molecule has 0 atom stereocenters. The second-order valence-electron chi connectivity index (χ2n) is 5.21. The van der Waals surface area contributed by atoms with Gasteiger partial charge in [0.25, 0.3) is 0 Å². The SMILES string of the molecule is CC(C)(C)OC(=O)NCc1cc2c(F)ncc(F)c2o1. The maximum absolute atomic E-state index is 13.4. The molecule has 0 aromatic carbocycles. The summed E-state index contributed by atoms with van der Waals surface area (Å²) in [6, 6.07) is 1.29. The summed E-state index contributed by atoms with van der Waals surface area (Å²) in [7, 11) is 0. The fraction of sp³-hybridized carbons (Fsp3) is 0.385. The van der Waals surface area contributed by atoms with Gasteiger partial charge in [-0.15, -0.1) is 0 Å². The first kappa shape index (κ1) is 14.2. The molecule has 0 unspecified atom stereocenters. The van der Waals surface area contributed by atoms with Gasteiger partial charge in [0.15, 0.2) is 11.4 Å². The lowest BCUT2D eigenvalue weighted by molar-refractivity contribution is 0.0520. The van der Waals surface area contributed by atoms with E-state index in [9.17, 15) is 13.6 Å². The van der Waals surface area contributed by atoms with Gasteiger partial charge in [-0.3, -0.25) is 0 Å². The molecular formula is C13H14F2N2O3. The minimum atomic E-state index is -0.825. The fourth-order valence-electron chi connectivity index (χ4n) is 1.57. The Balaban J connectivity index is 2.10. The molecule has 0 aliphatic heterocycles. The van der Waals surface area contributed by atoms with Gasteiger partial charge in [-0.2, -0.15) is 4.39 Å². The van der Waals surface area contributed by atoms with Crippen LogP contribution < -0.4 is 5.32 Å². The van der Waals surface area contributed by atoms with Crippen molar-refractivity contribution in [3.8, 4) is 0 Å². The van der Waals surface area contributed by atoms with Crippen molar-refractivity contribution in [3.05, 3.63) is 29.8 Å². The molecule has 7 heteroatoms. The quantitative estimate of drug-likeness (QED) is 0.860. The van der Waals surface area contributed by atoms with E-state index in [-0.39, 0.29) is 23.3 Å². The topological polar surface area (TPSA) is 64.4 Å². The van der Waals surface area contributed by atoms with Crippen LogP contribution in [0.3, 0.4) is 0 Å². The Morgan fingerprint density at radius 3 is 2.75 bits per heavy atom. The number of aromatic nitrogens is 1. The van der Waals surface area contributed by atoms with Gasteiger partial charge >= 0.3 is 6.09 Å². The predicted octanol–water partition coefficient (Wildman–Crippen LogP) is 3.13. The highest BCUT2D eigenvalue weighted by atomic mass is 19.1. The lowest BCUT2D eigenvalue weighted by Gasteiger charge is -2.19. The second kappa shape index (κ2) is 5.07. The van der Waals surface area contributed by atoms with E-state index in [4.69, 9.17) is 9.15 Å². The summed E-state index contributed by atoms with van der Waals surface area (Å²) in [4.78, 5) is 14.7. The number of hydrogen-bond donors (Lipinski definition) is 1. The molecule has 20 heavy (non-hydrogen) atoms. The number of pyridine rings is 1. The summed E-state index contributed by atoms with van der Waals surface area (Å²) in [5, 5.41) is 2.37. The van der Waals surface area contributed by atoms with Gasteiger partial charge in [-0.05, 0) is 26.8 Å². The van der Waals surface area contributed by atoms with Gasteiger partial charge in [0.1, 0.15) is 11.4 Å². The summed E-state index contributed by atoms with van der Waals surface area (Å²) < 4.78 is 36.9.